The van der Waals surface area contributed by atoms with Crippen molar-refractivity contribution in [3.63, 3.8) is 0 Å². The lowest BCUT2D eigenvalue weighted by Gasteiger charge is -2.10. The van der Waals surface area contributed by atoms with Gasteiger partial charge in [-0.25, -0.2) is 4.98 Å². The lowest BCUT2D eigenvalue weighted by molar-refractivity contribution is 0.102. The Morgan fingerprint density at radius 3 is 2.95 bits per heavy atom. The van der Waals surface area contributed by atoms with E-state index in [0.29, 0.717) is 29.4 Å². The minimum atomic E-state index is -0.266. The van der Waals surface area contributed by atoms with Crippen LogP contribution in [0.4, 0.5) is 11.4 Å². The summed E-state index contributed by atoms with van der Waals surface area (Å²) in [4.78, 5) is 16.2. The van der Waals surface area contributed by atoms with Crippen molar-refractivity contribution in [2.24, 2.45) is 0 Å². The number of aromatic nitrogens is 1. The van der Waals surface area contributed by atoms with Gasteiger partial charge < -0.3 is 15.8 Å². The fourth-order valence-electron chi connectivity index (χ4n) is 1.62. The van der Waals surface area contributed by atoms with Gasteiger partial charge in [0, 0.05) is 21.9 Å². The van der Waals surface area contributed by atoms with Gasteiger partial charge in [0.2, 0.25) is 5.88 Å². The van der Waals surface area contributed by atoms with Crippen molar-refractivity contribution in [2.75, 3.05) is 17.7 Å². The monoisotopic (exact) mass is 335 g/mol. The summed E-state index contributed by atoms with van der Waals surface area (Å²) in [5.74, 6) is 0.131. The van der Waals surface area contributed by atoms with Crippen molar-refractivity contribution >= 4 is 33.2 Å². The highest BCUT2D eigenvalue weighted by Gasteiger charge is 2.11. The number of nitrogen functional groups attached to an aromatic ring is 1. The summed E-state index contributed by atoms with van der Waals surface area (Å²) < 4.78 is 6.11. The van der Waals surface area contributed by atoms with Crippen LogP contribution in [0.5, 0.6) is 5.88 Å². The van der Waals surface area contributed by atoms with Crippen LogP contribution in [0.15, 0.2) is 41.0 Å². The zero-order valence-corrected chi connectivity index (χ0v) is 12.5. The highest BCUT2D eigenvalue weighted by Crippen LogP contribution is 2.23. The Hall–Kier alpha value is -2.08. The molecular weight excluding hydrogens is 322 g/mol. The molecule has 6 heteroatoms. The van der Waals surface area contributed by atoms with Crippen LogP contribution in [-0.4, -0.2) is 17.5 Å². The number of carbonyl (C=O) groups is 1. The van der Waals surface area contributed by atoms with Crippen molar-refractivity contribution in [3.8, 4) is 5.88 Å². The van der Waals surface area contributed by atoms with Crippen LogP contribution >= 0.6 is 15.9 Å². The Kier molecular flexibility index (Phi) is 4.57. The fourth-order valence-corrected chi connectivity index (χ4v) is 1.86. The number of benzene rings is 1. The van der Waals surface area contributed by atoms with E-state index in [0.717, 1.165) is 4.47 Å². The maximum absolute atomic E-state index is 12.2. The number of pyridine rings is 1. The first-order valence-electron chi connectivity index (χ1n) is 6.06. The fraction of sp³-hybridized carbons (Fsp3) is 0.143. The average Bonchev–Trinajstić information content (AvgIpc) is 2.44. The zero-order chi connectivity index (χ0) is 14.5. The number of amides is 1. The van der Waals surface area contributed by atoms with E-state index in [2.05, 4.69) is 26.2 Å². The van der Waals surface area contributed by atoms with Crippen LogP contribution in [0.3, 0.4) is 0 Å². The van der Waals surface area contributed by atoms with E-state index < -0.39 is 0 Å². The van der Waals surface area contributed by atoms with Gasteiger partial charge in [0.25, 0.3) is 5.91 Å². The molecule has 1 aromatic heterocycles. The molecule has 2 aromatic rings. The van der Waals surface area contributed by atoms with Crippen LogP contribution in [0.2, 0.25) is 0 Å². The molecule has 0 fully saturated rings. The molecule has 20 heavy (non-hydrogen) atoms. The second kappa shape index (κ2) is 6.38. The summed E-state index contributed by atoms with van der Waals surface area (Å²) in [6.45, 7) is 2.33. The van der Waals surface area contributed by atoms with Crippen molar-refractivity contribution in [3.05, 3.63) is 46.6 Å². The standard InChI is InChI=1S/C14H14BrN3O2/c1-2-20-14-12(4-3-7-17-14)18-13(19)9-5-6-10(15)11(16)8-9/h3-8H,2,16H2,1H3,(H,18,19). The Balaban J connectivity index is 2.21. The van der Waals surface area contributed by atoms with E-state index >= 15 is 0 Å². The number of nitrogens with zero attached hydrogens (tertiary/aromatic N) is 1. The van der Waals surface area contributed by atoms with E-state index in [9.17, 15) is 4.79 Å². The quantitative estimate of drug-likeness (QED) is 0.841. The molecule has 0 aliphatic heterocycles. The largest absolute Gasteiger partial charge is 0.476 e. The molecule has 3 N–H and O–H groups in total. The van der Waals surface area contributed by atoms with Crippen LogP contribution < -0.4 is 15.8 Å². The van der Waals surface area contributed by atoms with Crippen molar-refractivity contribution in [2.45, 2.75) is 6.92 Å². The highest BCUT2D eigenvalue weighted by atomic mass is 79.9. The van der Waals surface area contributed by atoms with Gasteiger partial charge in [-0.2, -0.15) is 0 Å². The SMILES string of the molecule is CCOc1ncccc1NC(=O)c1ccc(Br)c(N)c1. The first kappa shape index (κ1) is 14.3. The molecule has 0 aliphatic rings. The topological polar surface area (TPSA) is 77.2 Å². The molecule has 0 saturated carbocycles. The summed E-state index contributed by atoms with van der Waals surface area (Å²) in [7, 11) is 0. The molecule has 0 radical (unpaired) electrons. The van der Waals surface area contributed by atoms with E-state index in [4.69, 9.17) is 10.5 Å². The summed E-state index contributed by atoms with van der Waals surface area (Å²) in [6.07, 6.45) is 1.61. The maximum atomic E-state index is 12.2. The molecule has 104 valence electrons. The molecule has 5 nitrogen and oxygen atoms in total. The van der Waals surface area contributed by atoms with E-state index in [1.54, 1.807) is 36.5 Å². The molecule has 0 saturated heterocycles. The van der Waals surface area contributed by atoms with Crippen molar-refractivity contribution in [1.29, 1.82) is 0 Å². The number of carbonyl (C=O) groups excluding carboxylic acids is 1. The van der Waals surface area contributed by atoms with Crippen molar-refractivity contribution < 1.29 is 9.53 Å². The van der Waals surface area contributed by atoms with Gasteiger partial charge >= 0.3 is 0 Å². The van der Waals surface area contributed by atoms with E-state index in [-0.39, 0.29) is 5.91 Å². The van der Waals surface area contributed by atoms with E-state index in [1.165, 1.54) is 0 Å². The van der Waals surface area contributed by atoms with Gasteiger partial charge in [0.1, 0.15) is 5.69 Å². The summed E-state index contributed by atoms with van der Waals surface area (Å²) >= 11 is 3.29. The number of halogens is 1. The van der Waals surface area contributed by atoms with Gasteiger partial charge in [0.15, 0.2) is 0 Å². The second-order valence-electron chi connectivity index (χ2n) is 3.98. The maximum Gasteiger partial charge on any atom is 0.255 e. The third kappa shape index (κ3) is 3.27. The second-order valence-corrected chi connectivity index (χ2v) is 4.83. The van der Waals surface area contributed by atoms with Crippen LogP contribution in [0.1, 0.15) is 17.3 Å². The summed E-state index contributed by atoms with van der Waals surface area (Å²) in [6, 6.07) is 8.49. The average molecular weight is 336 g/mol. The Labute approximate surface area is 125 Å². The van der Waals surface area contributed by atoms with E-state index in [1.807, 2.05) is 6.92 Å². The predicted molar refractivity (Wildman–Crippen MR) is 81.9 cm³/mol. The third-order valence-electron chi connectivity index (χ3n) is 2.56. The molecule has 1 heterocycles. The van der Waals surface area contributed by atoms with Gasteiger partial charge in [-0.1, -0.05) is 0 Å². The molecule has 0 spiro atoms. The molecular formula is C14H14BrN3O2. The van der Waals surface area contributed by atoms with Crippen LogP contribution in [-0.2, 0) is 0 Å². The highest BCUT2D eigenvalue weighted by molar-refractivity contribution is 9.10. The summed E-state index contributed by atoms with van der Waals surface area (Å²) in [5, 5.41) is 2.76. The third-order valence-corrected chi connectivity index (χ3v) is 3.28. The first-order chi connectivity index (χ1) is 9.61. The molecule has 0 atom stereocenters. The number of anilines is 2. The normalized spacial score (nSPS) is 10.1. The van der Waals surface area contributed by atoms with Crippen molar-refractivity contribution in [1.82, 2.24) is 4.98 Å². The molecule has 0 unspecified atom stereocenters. The minimum absolute atomic E-state index is 0.266. The molecule has 1 amide bonds. The smallest absolute Gasteiger partial charge is 0.255 e. The Morgan fingerprint density at radius 2 is 2.25 bits per heavy atom. The molecule has 2 rings (SSSR count). The van der Waals surface area contributed by atoms with Crippen LogP contribution in [0.25, 0.3) is 0 Å². The lowest BCUT2D eigenvalue weighted by atomic mass is 10.2. The number of ether oxygens (including phenoxy) is 1. The molecule has 0 aliphatic carbocycles. The van der Waals surface area contributed by atoms with Crippen LogP contribution in [0, 0.1) is 0 Å². The Bertz CT molecular complexity index is 632. The minimum Gasteiger partial charge on any atom is -0.476 e. The number of rotatable bonds is 4. The predicted octanol–water partition coefficient (Wildman–Crippen LogP) is 3.08. The molecule has 1 aromatic carbocycles. The molecule has 0 bridgehead atoms. The lowest BCUT2D eigenvalue weighted by Crippen LogP contribution is -2.13. The number of hydrogen-bond acceptors (Lipinski definition) is 4. The van der Waals surface area contributed by atoms with Gasteiger partial charge in [-0.3, -0.25) is 4.79 Å². The zero-order valence-electron chi connectivity index (χ0n) is 10.9. The number of nitrogens with one attached hydrogen (secondary N) is 1. The summed E-state index contributed by atoms with van der Waals surface area (Å²) in [5.41, 5.74) is 7.27. The van der Waals surface area contributed by atoms with Gasteiger partial charge in [0.05, 0.1) is 6.61 Å². The van der Waals surface area contributed by atoms with Gasteiger partial charge in [-0.05, 0) is 53.2 Å². The first-order valence-corrected chi connectivity index (χ1v) is 6.85. The number of hydrogen-bond donors (Lipinski definition) is 2. The Morgan fingerprint density at radius 1 is 1.45 bits per heavy atom. The van der Waals surface area contributed by atoms with Gasteiger partial charge in [-0.15, -0.1) is 0 Å². The number of nitrogens with two attached hydrogens (primary N) is 1.